The lowest BCUT2D eigenvalue weighted by Crippen LogP contribution is -2.04. The van der Waals surface area contributed by atoms with Crippen LogP contribution < -0.4 is 20.5 Å². The Morgan fingerprint density at radius 2 is 1.57 bits per heavy atom. The number of aliphatic hydroxyl groups is 1. The average molecular weight is 288 g/mol. The number of methoxy groups -OCH3 is 2. The highest BCUT2D eigenvalue weighted by Gasteiger charge is 2.08. The first-order valence-corrected chi connectivity index (χ1v) is 6.62. The molecule has 5 nitrogen and oxygen atoms in total. The molecule has 0 spiro atoms. The highest BCUT2D eigenvalue weighted by atomic mass is 16.5. The fourth-order valence-corrected chi connectivity index (χ4v) is 2.01. The van der Waals surface area contributed by atoms with E-state index in [1.807, 2.05) is 30.3 Å². The van der Waals surface area contributed by atoms with E-state index in [0.29, 0.717) is 23.7 Å². The van der Waals surface area contributed by atoms with E-state index in [1.165, 1.54) is 0 Å². The SMILES string of the molecule is COc1cc(N)c(NCc2ccc(CO)cc2)cc1OC. The summed E-state index contributed by atoms with van der Waals surface area (Å²) in [6.45, 7) is 0.682. The van der Waals surface area contributed by atoms with Gasteiger partial charge in [-0.2, -0.15) is 0 Å². The Balaban J connectivity index is 2.11. The molecular formula is C16H20N2O3. The Kier molecular flexibility index (Phi) is 4.90. The zero-order chi connectivity index (χ0) is 15.2. The molecule has 0 bridgehead atoms. The summed E-state index contributed by atoms with van der Waals surface area (Å²) in [5, 5.41) is 12.3. The molecule has 2 rings (SSSR count). The molecule has 0 aliphatic carbocycles. The smallest absolute Gasteiger partial charge is 0.162 e. The molecule has 0 radical (unpaired) electrons. The zero-order valence-corrected chi connectivity index (χ0v) is 12.2. The van der Waals surface area contributed by atoms with Gasteiger partial charge in [-0.15, -0.1) is 0 Å². The average Bonchev–Trinajstić information content (AvgIpc) is 2.53. The summed E-state index contributed by atoms with van der Waals surface area (Å²) < 4.78 is 10.5. The van der Waals surface area contributed by atoms with Crippen LogP contribution in [0.5, 0.6) is 11.5 Å². The maximum Gasteiger partial charge on any atom is 0.162 e. The van der Waals surface area contributed by atoms with E-state index in [4.69, 9.17) is 20.3 Å². The lowest BCUT2D eigenvalue weighted by atomic mass is 10.1. The first-order chi connectivity index (χ1) is 10.2. The van der Waals surface area contributed by atoms with E-state index >= 15 is 0 Å². The van der Waals surface area contributed by atoms with Crippen LogP contribution in [-0.2, 0) is 13.2 Å². The quantitative estimate of drug-likeness (QED) is 0.711. The lowest BCUT2D eigenvalue weighted by molar-refractivity contribution is 0.282. The monoisotopic (exact) mass is 288 g/mol. The van der Waals surface area contributed by atoms with Crippen molar-refractivity contribution in [2.75, 3.05) is 25.3 Å². The molecule has 5 heteroatoms. The number of hydrogen-bond donors (Lipinski definition) is 3. The van der Waals surface area contributed by atoms with Gasteiger partial charge in [0.05, 0.1) is 32.2 Å². The maximum absolute atomic E-state index is 9.02. The molecular weight excluding hydrogens is 268 g/mol. The van der Waals surface area contributed by atoms with Crippen molar-refractivity contribution in [3.63, 3.8) is 0 Å². The van der Waals surface area contributed by atoms with E-state index < -0.39 is 0 Å². The third-order valence-corrected chi connectivity index (χ3v) is 3.24. The zero-order valence-electron chi connectivity index (χ0n) is 12.2. The van der Waals surface area contributed by atoms with Crippen LogP contribution >= 0.6 is 0 Å². The molecule has 21 heavy (non-hydrogen) atoms. The predicted molar refractivity (Wildman–Crippen MR) is 83.6 cm³/mol. The van der Waals surface area contributed by atoms with Crippen LogP contribution in [0.3, 0.4) is 0 Å². The van der Waals surface area contributed by atoms with Gasteiger partial charge in [0.2, 0.25) is 0 Å². The van der Waals surface area contributed by atoms with Gasteiger partial charge in [-0.05, 0) is 11.1 Å². The second-order valence-corrected chi connectivity index (χ2v) is 4.62. The van der Waals surface area contributed by atoms with Crippen molar-refractivity contribution in [1.29, 1.82) is 0 Å². The summed E-state index contributed by atoms with van der Waals surface area (Å²) in [5.74, 6) is 1.23. The highest BCUT2D eigenvalue weighted by molar-refractivity contribution is 5.72. The number of nitrogen functional groups attached to an aromatic ring is 1. The molecule has 0 aromatic heterocycles. The van der Waals surface area contributed by atoms with Crippen LogP contribution in [0.1, 0.15) is 11.1 Å². The highest BCUT2D eigenvalue weighted by Crippen LogP contribution is 2.34. The Hall–Kier alpha value is -2.40. The number of anilines is 2. The first-order valence-electron chi connectivity index (χ1n) is 6.62. The normalized spacial score (nSPS) is 10.2. The van der Waals surface area contributed by atoms with Crippen LogP contribution in [0, 0.1) is 0 Å². The Labute approximate surface area is 124 Å². The minimum Gasteiger partial charge on any atom is -0.493 e. The second-order valence-electron chi connectivity index (χ2n) is 4.62. The number of aliphatic hydroxyl groups excluding tert-OH is 1. The third-order valence-electron chi connectivity index (χ3n) is 3.24. The molecule has 0 atom stereocenters. The summed E-state index contributed by atoms with van der Waals surface area (Å²) in [6, 6.07) is 11.3. The topological polar surface area (TPSA) is 76.7 Å². The van der Waals surface area contributed by atoms with E-state index in [2.05, 4.69) is 5.32 Å². The molecule has 2 aromatic rings. The van der Waals surface area contributed by atoms with Crippen molar-refractivity contribution >= 4 is 11.4 Å². The van der Waals surface area contributed by atoms with Gasteiger partial charge in [-0.25, -0.2) is 0 Å². The van der Waals surface area contributed by atoms with Crippen molar-refractivity contribution in [1.82, 2.24) is 0 Å². The summed E-state index contributed by atoms with van der Waals surface area (Å²) >= 11 is 0. The van der Waals surface area contributed by atoms with Gasteiger partial charge in [-0.3, -0.25) is 0 Å². The largest absolute Gasteiger partial charge is 0.493 e. The van der Waals surface area contributed by atoms with Crippen molar-refractivity contribution in [3.8, 4) is 11.5 Å². The van der Waals surface area contributed by atoms with Gasteiger partial charge >= 0.3 is 0 Å². The number of ether oxygens (including phenoxy) is 2. The number of hydrogen-bond acceptors (Lipinski definition) is 5. The molecule has 0 saturated heterocycles. The van der Waals surface area contributed by atoms with Gasteiger partial charge in [-0.1, -0.05) is 24.3 Å². The van der Waals surface area contributed by atoms with Crippen LogP contribution in [0.25, 0.3) is 0 Å². The van der Waals surface area contributed by atoms with Crippen molar-refractivity contribution in [2.24, 2.45) is 0 Å². The van der Waals surface area contributed by atoms with Gasteiger partial charge in [0.1, 0.15) is 0 Å². The molecule has 0 aliphatic heterocycles. The Morgan fingerprint density at radius 1 is 1.00 bits per heavy atom. The van der Waals surface area contributed by atoms with E-state index in [0.717, 1.165) is 16.8 Å². The molecule has 0 heterocycles. The minimum atomic E-state index is 0.0519. The second kappa shape index (κ2) is 6.85. The summed E-state index contributed by atoms with van der Waals surface area (Å²) in [7, 11) is 3.17. The van der Waals surface area contributed by atoms with Gasteiger partial charge in [0.25, 0.3) is 0 Å². The molecule has 0 fully saturated rings. The standard InChI is InChI=1S/C16H20N2O3/c1-20-15-7-13(17)14(8-16(15)21-2)18-9-11-3-5-12(10-19)6-4-11/h3-8,18-19H,9-10,17H2,1-2H3. The van der Waals surface area contributed by atoms with E-state index in [1.54, 1.807) is 20.3 Å². The number of benzene rings is 2. The Bertz CT molecular complexity index is 597. The molecule has 0 amide bonds. The van der Waals surface area contributed by atoms with Crippen LogP contribution in [-0.4, -0.2) is 19.3 Å². The van der Waals surface area contributed by atoms with E-state index in [-0.39, 0.29) is 6.61 Å². The van der Waals surface area contributed by atoms with Crippen LogP contribution in [0.2, 0.25) is 0 Å². The minimum absolute atomic E-state index is 0.0519. The van der Waals surface area contributed by atoms with Gasteiger partial charge in [0.15, 0.2) is 11.5 Å². The van der Waals surface area contributed by atoms with Crippen LogP contribution in [0.15, 0.2) is 36.4 Å². The van der Waals surface area contributed by atoms with E-state index in [9.17, 15) is 0 Å². The maximum atomic E-state index is 9.02. The van der Waals surface area contributed by atoms with Crippen molar-refractivity contribution < 1.29 is 14.6 Å². The lowest BCUT2D eigenvalue weighted by Gasteiger charge is -2.14. The molecule has 4 N–H and O–H groups in total. The fourth-order valence-electron chi connectivity index (χ4n) is 2.01. The number of nitrogens with one attached hydrogen (secondary N) is 1. The first kappa shape index (κ1) is 15.0. The molecule has 0 aliphatic rings. The number of rotatable bonds is 6. The summed E-state index contributed by atoms with van der Waals surface area (Å²) in [6.07, 6.45) is 0. The summed E-state index contributed by atoms with van der Waals surface area (Å²) in [5.41, 5.74) is 9.38. The molecule has 0 unspecified atom stereocenters. The summed E-state index contributed by atoms with van der Waals surface area (Å²) in [4.78, 5) is 0. The van der Waals surface area contributed by atoms with Crippen molar-refractivity contribution in [2.45, 2.75) is 13.2 Å². The van der Waals surface area contributed by atoms with Gasteiger partial charge < -0.3 is 25.6 Å². The predicted octanol–water partition coefficient (Wildman–Crippen LogP) is 2.39. The third kappa shape index (κ3) is 3.58. The Morgan fingerprint density at radius 3 is 2.14 bits per heavy atom. The van der Waals surface area contributed by atoms with Crippen molar-refractivity contribution in [3.05, 3.63) is 47.5 Å². The molecule has 0 saturated carbocycles. The number of nitrogens with two attached hydrogens (primary N) is 1. The fraction of sp³-hybridized carbons (Fsp3) is 0.250. The molecule has 2 aromatic carbocycles. The molecule has 112 valence electrons. The van der Waals surface area contributed by atoms with Gasteiger partial charge in [0, 0.05) is 18.7 Å². The van der Waals surface area contributed by atoms with Crippen LogP contribution in [0.4, 0.5) is 11.4 Å².